The van der Waals surface area contributed by atoms with Crippen molar-refractivity contribution in [2.75, 3.05) is 19.0 Å². The first kappa shape index (κ1) is 17.7. The zero-order valence-electron chi connectivity index (χ0n) is 12.9. The number of benzene rings is 1. The highest BCUT2D eigenvalue weighted by Crippen LogP contribution is 2.17. The van der Waals surface area contributed by atoms with Crippen LogP contribution in [0, 0.1) is 0 Å². The maximum Gasteiger partial charge on any atom is 0.185 e. The third-order valence-electron chi connectivity index (χ3n) is 2.46. The molecule has 0 bridgehead atoms. The maximum atomic E-state index is 11.8. The van der Waals surface area contributed by atoms with E-state index in [0.717, 1.165) is 0 Å². The van der Waals surface area contributed by atoms with Crippen LogP contribution in [-0.4, -0.2) is 38.8 Å². The normalized spacial score (nSPS) is 12.2. The number of Topliss-reactive ketones (excluding diaryl/α,β-unsaturated/α-hetero) is 1. The van der Waals surface area contributed by atoms with Gasteiger partial charge in [-0.1, -0.05) is 0 Å². The van der Waals surface area contributed by atoms with Crippen LogP contribution in [0.4, 0.5) is 0 Å². The molecule has 0 unspecified atom stereocenters. The van der Waals surface area contributed by atoms with Crippen LogP contribution in [0.25, 0.3) is 0 Å². The average molecular weight is 314 g/mol. The van der Waals surface area contributed by atoms with Gasteiger partial charge in [-0.05, 0) is 52.0 Å². The summed E-state index contributed by atoms with van der Waals surface area (Å²) in [6.45, 7) is 7.97. The predicted octanol–water partition coefficient (Wildman–Crippen LogP) is 2.24. The topological polar surface area (TPSA) is 69.7 Å². The van der Waals surface area contributed by atoms with Gasteiger partial charge in [0.1, 0.15) is 23.9 Å². The Morgan fingerprint density at radius 3 is 2.14 bits per heavy atom. The van der Waals surface area contributed by atoms with E-state index in [1.54, 1.807) is 12.1 Å². The molecule has 0 heterocycles. The summed E-state index contributed by atoms with van der Waals surface area (Å²) in [6, 6.07) is 6.03. The summed E-state index contributed by atoms with van der Waals surface area (Å²) in [4.78, 5) is 11.1. The second-order valence-electron chi connectivity index (χ2n) is 5.74. The zero-order valence-corrected chi connectivity index (χ0v) is 13.7. The number of hydrogen-bond acceptors (Lipinski definition) is 5. The molecule has 0 aliphatic rings. The van der Waals surface area contributed by atoms with Gasteiger partial charge >= 0.3 is 0 Å². The molecule has 0 N–H and O–H groups in total. The van der Waals surface area contributed by atoms with Gasteiger partial charge < -0.3 is 9.47 Å². The Bertz CT molecular complexity index is 567. The van der Waals surface area contributed by atoms with Crippen molar-refractivity contribution >= 4 is 15.6 Å². The molecule has 0 saturated carbocycles. The van der Waals surface area contributed by atoms with Crippen molar-refractivity contribution < 1.29 is 22.7 Å². The van der Waals surface area contributed by atoms with Crippen LogP contribution in [0.1, 0.15) is 27.7 Å². The first-order chi connectivity index (χ1) is 9.60. The van der Waals surface area contributed by atoms with E-state index in [0.29, 0.717) is 19.0 Å². The Balaban J connectivity index is 2.57. The van der Waals surface area contributed by atoms with Gasteiger partial charge in [-0.2, -0.15) is 0 Å². The Morgan fingerprint density at radius 2 is 1.67 bits per heavy atom. The summed E-state index contributed by atoms with van der Waals surface area (Å²) in [5.41, 5.74) is -0.214. The first-order valence-electron chi connectivity index (χ1n) is 6.69. The lowest BCUT2D eigenvalue weighted by atomic mass is 10.2. The molecule has 0 spiro atoms. The minimum Gasteiger partial charge on any atom is -0.491 e. The highest BCUT2D eigenvalue weighted by molar-refractivity contribution is 7.92. The Hall–Kier alpha value is -1.40. The summed E-state index contributed by atoms with van der Waals surface area (Å²) >= 11 is 0. The monoisotopic (exact) mass is 314 g/mol. The molecule has 0 amide bonds. The molecule has 0 fully saturated rings. The number of hydrogen-bond donors (Lipinski definition) is 0. The lowest BCUT2D eigenvalue weighted by Crippen LogP contribution is -2.22. The highest BCUT2D eigenvalue weighted by atomic mass is 32.2. The molecule has 0 saturated heterocycles. The van der Waals surface area contributed by atoms with Gasteiger partial charge in [0.25, 0.3) is 0 Å². The minimum absolute atomic E-state index is 0.121. The van der Waals surface area contributed by atoms with Crippen LogP contribution in [-0.2, 0) is 19.4 Å². The first-order valence-corrected chi connectivity index (χ1v) is 8.34. The van der Waals surface area contributed by atoms with Crippen molar-refractivity contribution in [2.24, 2.45) is 0 Å². The molecule has 0 aromatic heterocycles. The van der Waals surface area contributed by atoms with Crippen LogP contribution < -0.4 is 4.74 Å². The number of carbonyl (C=O) groups is 1. The van der Waals surface area contributed by atoms with E-state index in [4.69, 9.17) is 9.47 Å². The number of sulfone groups is 1. The number of rotatable bonds is 7. The van der Waals surface area contributed by atoms with Gasteiger partial charge in [0.15, 0.2) is 9.84 Å². The third kappa shape index (κ3) is 6.73. The van der Waals surface area contributed by atoms with Crippen LogP contribution in [0.3, 0.4) is 0 Å². The number of carbonyl (C=O) groups excluding carboxylic acids is 1. The van der Waals surface area contributed by atoms with Crippen molar-refractivity contribution in [3.05, 3.63) is 24.3 Å². The summed E-state index contributed by atoms with van der Waals surface area (Å²) in [6.07, 6.45) is 0. The van der Waals surface area contributed by atoms with Crippen molar-refractivity contribution in [1.82, 2.24) is 0 Å². The van der Waals surface area contributed by atoms with E-state index >= 15 is 0 Å². The van der Waals surface area contributed by atoms with E-state index in [2.05, 4.69) is 0 Å². The van der Waals surface area contributed by atoms with E-state index < -0.39 is 15.6 Å². The standard InChI is InChI=1S/C15H22O5S/c1-12(16)11-21(17,18)14-7-5-13(6-8-14)19-9-10-20-15(2,3)4/h5-8H,9-11H2,1-4H3. The molecule has 0 radical (unpaired) electrons. The van der Waals surface area contributed by atoms with Crippen LogP contribution in [0.15, 0.2) is 29.2 Å². The smallest absolute Gasteiger partial charge is 0.185 e. The fourth-order valence-electron chi connectivity index (χ4n) is 1.60. The van der Waals surface area contributed by atoms with Crippen molar-refractivity contribution in [2.45, 2.75) is 38.2 Å². The summed E-state index contributed by atoms with van der Waals surface area (Å²) < 4.78 is 34.7. The molecule has 0 aliphatic heterocycles. The summed E-state index contributed by atoms with van der Waals surface area (Å²) in [5.74, 6) is -0.295. The van der Waals surface area contributed by atoms with Crippen molar-refractivity contribution in [3.63, 3.8) is 0 Å². The van der Waals surface area contributed by atoms with Crippen molar-refractivity contribution in [1.29, 1.82) is 0 Å². The Morgan fingerprint density at radius 1 is 1.10 bits per heavy atom. The quantitative estimate of drug-likeness (QED) is 0.722. The molecule has 5 nitrogen and oxygen atoms in total. The fraction of sp³-hybridized carbons (Fsp3) is 0.533. The minimum atomic E-state index is -3.55. The average Bonchev–Trinajstić information content (AvgIpc) is 2.32. The summed E-state index contributed by atoms with van der Waals surface area (Å²) in [5, 5.41) is 0. The molecule has 0 atom stereocenters. The SMILES string of the molecule is CC(=O)CS(=O)(=O)c1ccc(OCCOC(C)(C)C)cc1. The highest BCUT2D eigenvalue weighted by Gasteiger charge is 2.16. The molecule has 21 heavy (non-hydrogen) atoms. The maximum absolute atomic E-state index is 11.8. The van der Waals surface area contributed by atoms with Gasteiger partial charge in [0.2, 0.25) is 0 Å². The van der Waals surface area contributed by atoms with E-state index in [1.807, 2.05) is 20.8 Å². The molecule has 118 valence electrons. The van der Waals surface area contributed by atoms with Gasteiger partial charge in [-0.25, -0.2) is 8.42 Å². The third-order valence-corrected chi connectivity index (χ3v) is 4.24. The molecule has 6 heteroatoms. The second-order valence-corrected chi connectivity index (χ2v) is 7.73. The fourth-order valence-corrected chi connectivity index (χ4v) is 2.85. The lowest BCUT2D eigenvalue weighted by Gasteiger charge is -2.19. The molecule has 1 aromatic rings. The van der Waals surface area contributed by atoms with Gasteiger partial charge in [0, 0.05) is 0 Å². The molecular formula is C15H22O5S. The number of ether oxygens (including phenoxy) is 2. The van der Waals surface area contributed by atoms with Crippen LogP contribution >= 0.6 is 0 Å². The van der Waals surface area contributed by atoms with E-state index in [1.165, 1.54) is 19.1 Å². The molecule has 1 aromatic carbocycles. The zero-order chi connectivity index (χ0) is 16.1. The Kier molecular flexibility index (Phi) is 5.92. The lowest BCUT2D eigenvalue weighted by molar-refractivity contribution is -0.114. The van der Waals surface area contributed by atoms with Gasteiger partial charge in [0.05, 0.1) is 17.1 Å². The predicted molar refractivity (Wildman–Crippen MR) is 80.4 cm³/mol. The van der Waals surface area contributed by atoms with E-state index in [9.17, 15) is 13.2 Å². The van der Waals surface area contributed by atoms with Crippen LogP contribution in [0.2, 0.25) is 0 Å². The molecule has 1 rings (SSSR count). The van der Waals surface area contributed by atoms with Crippen molar-refractivity contribution in [3.8, 4) is 5.75 Å². The number of ketones is 1. The largest absolute Gasteiger partial charge is 0.491 e. The van der Waals surface area contributed by atoms with Gasteiger partial charge in [-0.15, -0.1) is 0 Å². The van der Waals surface area contributed by atoms with Crippen LogP contribution in [0.5, 0.6) is 5.75 Å². The molecular weight excluding hydrogens is 292 g/mol. The van der Waals surface area contributed by atoms with E-state index in [-0.39, 0.29) is 16.3 Å². The Labute approximate surface area is 126 Å². The second kappa shape index (κ2) is 7.04. The molecule has 0 aliphatic carbocycles. The summed E-state index contributed by atoms with van der Waals surface area (Å²) in [7, 11) is -3.55. The van der Waals surface area contributed by atoms with Gasteiger partial charge in [-0.3, -0.25) is 4.79 Å².